The predicted molar refractivity (Wildman–Crippen MR) is 78.0 cm³/mol. The standard InChI is InChI=1S/C16H27NO/c1-13(2)15(14-9-7-6-8-10-14)11-17-16(3,4)12-18-5/h6-10,13,15,17H,11-12H2,1-5H3. The van der Waals surface area contributed by atoms with Crippen molar-refractivity contribution >= 4 is 0 Å². The van der Waals surface area contributed by atoms with Gasteiger partial charge in [0.05, 0.1) is 6.61 Å². The van der Waals surface area contributed by atoms with E-state index in [9.17, 15) is 0 Å². The molecule has 0 radical (unpaired) electrons. The third kappa shape index (κ3) is 4.79. The van der Waals surface area contributed by atoms with Crippen molar-refractivity contribution < 1.29 is 4.74 Å². The summed E-state index contributed by atoms with van der Waals surface area (Å²) < 4.78 is 5.24. The zero-order valence-electron chi connectivity index (χ0n) is 12.4. The highest BCUT2D eigenvalue weighted by Crippen LogP contribution is 2.24. The molecule has 0 bridgehead atoms. The van der Waals surface area contributed by atoms with Crippen LogP contribution in [0.5, 0.6) is 0 Å². The van der Waals surface area contributed by atoms with Crippen LogP contribution in [0.2, 0.25) is 0 Å². The molecule has 0 saturated carbocycles. The van der Waals surface area contributed by atoms with Crippen LogP contribution in [0.4, 0.5) is 0 Å². The molecule has 102 valence electrons. The Labute approximate surface area is 112 Å². The fraction of sp³-hybridized carbons (Fsp3) is 0.625. The molecule has 18 heavy (non-hydrogen) atoms. The first-order chi connectivity index (χ1) is 8.46. The van der Waals surface area contributed by atoms with Gasteiger partial charge in [0.25, 0.3) is 0 Å². The molecule has 0 aliphatic rings. The van der Waals surface area contributed by atoms with Crippen LogP contribution in [0.15, 0.2) is 30.3 Å². The number of nitrogens with one attached hydrogen (secondary N) is 1. The summed E-state index contributed by atoms with van der Waals surface area (Å²) >= 11 is 0. The molecular weight excluding hydrogens is 222 g/mol. The van der Waals surface area contributed by atoms with E-state index < -0.39 is 0 Å². The molecular formula is C16H27NO. The number of hydrogen-bond acceptors (Lipinski definition) is 2. The van der Waals surface area contributed by atoms with Crippen molar-refractivity contribution in [3.8, 4) is 0 Å². The molecule has 2 nitrogen and oxygen atoms in total. The summed E-state index contributed by atoms with van der Waals surface area (Å²) in [6.07, 6.45) is 0. The first-order valence-corrected chi connectivity index (χ1v) is 6.75. The van der Waals surface area contributed by atoms with Crippen LogP contribution in [0.1, 0.15) is 39.2 Å². The van der Waals surface area contributed by atoms with E-state index in [1.165, 1.54) is 5.56 Å². The summed E-state index contributed by atoms with van der Waals surface area (Å²) in [5.41, 5.74) is 1.43. The predicted octanol–water partition coefficient (Wildman–Crippen LogP) is 3.44. The van der Waals surface area contributed by atoms with Crippen molar-refractivity contribution in [3.05, 3.63) is 35.9 Å². The second kappa shape index (κ2) is 6.91. The highest BCUT2D eigenvalue weighted by atomic mass is 16.5. The van der Waals surface area contributed by atoms with Crippen LogP contribution in [0, 0.1) is 5.92 Å². The Hall–Kier alpha value is -0.860. The van der Waals surface area contributed by atoms with Gasteiger partial charge < -0.3 is 10.1 Å². The Kier molecular flexibility index (Phi) is 5.83. The van der Waals surface area contributed by atoms with Gasteiger partial charge in [-0.2, -0.15) is 0 Å². The summed E-state index contributed by atoms with van der Waals surface area (Å²) in [5, 5.41) is 3.61. The van der Waals surface area contributed by atoms with Gasteiger partial charge >= 0.3 is 0 Å². The average molecular weight is 249 g/mol. The van der Waals surface area contributed by atoms with Gasteiger partial charge in [-0.25, -0.2) is 0 Å². The summed E-state index contributed by atoms with van der Waals surface area (Å²) in [5.74, 6) is 1.17. The largest absolute Gasteiger partial charge is 0.383 e. The van der Waals surface area contributed by atoms with Gasteiger partial charge in [0.15, 0.2) is 0 Å². The van der Waals surface area contributed by atoms with E-state index in [-0.39, 0.29) is 5.54 Å². The Balaban J connectivity index is 2.65. The maximum Gasteiger partial charge on any atom is 0.0639 e. The Morgan fingerprint density at radius 1 is 1.17 bits per heavy atom. The van der Waals surface area contributed by atoms with Crippen molar-refractivity contribution in [2.24, 2.45) is 5.92 Å². The number of benzene rings is 1. The first-order valence-electron chi connectivity index (χ1n) is 6.75. The molecule has 1 atom stereocenters. The SMILES string of the molecule is COCC(C)(C)NCC(c1ccccc1)C(C)C. The van der Waals surface area contributed by atoms with Crippen molar-refractivity contribution in [1.82, 2.24) is 5.32 Å². The molecule has 1 unspecified atom stereocenters. The van der Waals surface area contributed by atoms with Gasteiger partial charge in [-0.3, -0.25) is 0 Å². The third-order valence-corrected chi connectivity index (χ3v) is 3.34. The van der Waals surface area contributed by atoms with Crippen LogP contribution < -0.4 is 5.32 Å². The van der Waals surface area contributed by atoms with E-state index >= 15 is 0 Å². The molecule has 0 amide bonds. The summed E-state index contributed by atoms with van der Waals surface area (Å²) in [7, 11) is 1.75. The summed E-state index contributed by atoms with van der Waals surface area (Å²) in [4.78, 5) is 0. The van der Waals surface area contributed by atoms with Gasteiger partial charge in [0.1, 0.15) is 0 Å². The van der Waals surface area contributed by atoms with Crippen molar-refractivity contribution in [3.63, 3.8) is 0 Å². The summed E-state index contributed by atoms with van der Waals surface area (Å²) in [6.45, 7) is 10.6. The monoisotopic (exact) mass is 249 g/mol. The minimum absolute atomic E-state index is 0.0245. The quantitative estimate of drug-likeness (QED) is 0.799. The zero-order valence-corrected chi connectivity index (χ0v) is 12.4. The smallest absolute Gasteiger partial charge is 0.0639 e. The fourth-order valence-electron chi connectivity index (χ4n) is 2.24. The topological polar surface area (TPSA) is 21.3 Å². The van der Waals surface area contributed by atoms with Crippen LogP contribution in [0.3, 0.4) is 0 Å². The lowest BCUT2D eigenvalue weighted by Crippen LogP contribution is -2.45. The molecule has 1 N–H and O–H groups in total. The molecule has 0 aliphatic heterocycles. The average Bonchev–Trinajstić information content (AvgIpc) is 2.30. The maximum absolute atomic E-state index is 5.24. The van der Waals surface area contributed by atoms with Gasteiger partial charge in [-0.15, -0.1) is 0 Å². The number of methoxy groups -OCH3 is 1. The van der Waals surface area contributed by atoms with E-state index in [1.54, 1.807) is 7.11 Å². The molecule has 0 aromatic heterocycles. The molecule has 0 heterocycles. The lowest BCUT2D eigenvalue weighted by molar-refractivity contribution is 0.126. The minimum Gasteiger partial charge on any atom is -0.383 e. The van der Waals surface area contributed by atoms with E-state index in [0.717, 1.165) is 13.2 Å². The van der Waals surface area contributed by atoms with E-state index in [4.69, 9.17) is 4.74 Å². The number of ether oxygens (including phenoxy) is 1. The van der Waals surface area contributed by atoms with E-state index in [0.29, 0.717) is 11.8 Å². The molecule has 0 fully saturated rings. The minimum atomic E-state index is 0.0245. The van der Waals surface area contributed by atoms with Crippen LogP contribution >= 0.6 is 0 Å². The van der Waals surface area contributed by atoms with Gasteiger partial charge in [0.2, 0.25) is 0 Å². The molecule has 0 aliphatic carbocycles. The summed E-state index contributed by atoms with van der Waals surface area (Å²) in [6, 6.07) is 10.7. The van der Waals surface area contributed by atoms with Crippen molar-refractivity contribution in [1.29, 1.82) is 0 Å². The maximum atomic E-state index is 5.24. The normalized spacial score (nSPS) is 13.9. The molecule has 0 saturated heterocycles. The fourth-order valence-corrected chi connectivity index (χ4v) is 2.24. The Morgan fingerprint density at radius 3 is 2.28 bits per heavy atom. The lowest BCUT2D eigenvalue weighted by Gasteiger charge is -2.30. The highest BCUT2D eigenvalue weighted by Gasteiger charge is 2.21. The van der Waals surface area contributed by atoms with Crippen LogP contribution in [-0.2, 0) is 4.74 Å². The zero-order chi connectivity index (χ0) is 13.6. The molecule has 0 spiro atoms. The van der Waals surface area contributed by atoms with Crippen LogP contribution in [-0.4, -0.2) is 25.8 Å². The second-order valence-corrected chi connectivity index (χ2v) is 5.96. The molecule has 1 aromatic carbocycles. The van der Waals surface area contributed by atoms with Crippen molar-refractivity contribution in [2.75, 3.05) is 20.3 Å². The highest BCUT2D eigenvalue weighted by molar-refractivity contribution is 5.20. The first kappa shape index (κ1) is 15.2. The van der Waals surface area contributed by atoms with Gasteiger partial charge in [-0.05, 0) is 31.2 Å². The molecule has 2 heteroatoms. The third-order valence-electron chi connectivity index (χ3n) is 3.34. The van der Waals surface area contributed by atoms with Crippen LogP contribution in [0.25, 0.3) is 0 Å². The van der Waals surface area contributed by atoms with Gasteiger partial charge in [-0.1, -0.05) is 44.2 Å². The Bertz CT molecular complexity index is 332. The second-order valence-electron chi connectivity index (χ2n) is 5.96. The van der Waals surface area contributed by atoms with Crippen molar-refractivity contribution in [2.45, 2.75) is 39.2 Å². The molecule has 1 rings (SSSR count). The number of hydrogen-bond donors (Lipinski definition) is 1. The van der Waals surface area contributed by atoms with E-state index in [1.807, 2.05) is 0 Å². The lowest BCUT2D eigenvalue weighted by atomic mass is 9.87. The van der Waals surface area contributed by atoms with E-state index in [2.05, 4.69) is 63.3 Å². The number of rotatable bonds is 7. The molecule has 1 aromatic rings. The Morgan fingerprint density at radius 2 is 1.78 bits per heavy atom. The van der Waals surface area contributed by atoms with Gasteiger partial charge in [0, 0.05) is 19.2 Å².